The summed E-state index contributed by atoms with van der Waals surface area (Å²) in [7, 11) is 0. The average molecular weight is 195 g/mol. The first-order valence-electron chi connectivity index (χ1n) is 4.69. The molecule has 0 spiro atoms. The molecule has 1 aromatic rings. The molecule has 4 heteroatoms. The molecule has 0 unspecified atom stereocenters. The molecule has 0 radical (unpaired) electrons. The zero-order valence-corrected chi connectivity index (χ0v) is 8.63. The van der Waals surface area contributed by atoms with Gasteiger partial charge in [-0.3, -0.25) is 4.79 Å². The smallest absolute Gasteiger partial charge is 0.225 e. The topological polar surface area (TPSA) is 70.9 Å². The fraction of sp³-hybridized carbons (Fsp3) is 0.500. The number of nitrogens with two attached hydrogens (primary N) is 1. The highest BCUT2D eigenvalue weighted by Crippen LogP contribution is 2.08. The molecule has 4 N–H and O–H groups in total. The minimum absolute atomic E-state index is 0.00836. The van der Waals surface area contributed by atoms with Crippen LogP contribution in [0.3, 0.4) is 0 Å². The summed E-state index contributed by atoms with van der Waals surface area (Å²) in [6.45, 7) is 3.82. The van der Waals surface area contributed by atoms with Gasteiger partial charge in [0.1, 0.15) is 5.82 Å². The maximum Gasteiger partial charge on any atom is 0.225 e. The van der Waals surface area contributed by atoms with Gasteiger partial charge in [0.05, 0.1) is 0 Å². The molecule has 0 aliphatic carbocycles. The average Bonchev–Trinajstić information content (AvgIpc) is 2.52. The monoisotopic (exact) mass is 195 g/mol. The summed E-state index contributed by atoms with van der Waals surface area (Å²) in [5.41, 5.74) is 5.48. The fourth-order valence-corrected chi connectivity index (χ4v) is 1.06. The largest absolute Gasteiger partial charge is 0.348 e. The van der Waals surface area contributed by atoms with Crippen LogP contribution >= 0.6 is 0 Å². The van der Waals surface area contributed by atoms with Crippen molar-refractivity contribution in [2.75, 3.05) is 5.32 Å². The summed E-state index contributed by atoms with van der Waals surface area (Å²) in [5.74, 6) is 0.718. The van der Waals surface area contributed by atoms with Crippen molar-refractivity contribution >= 4 is 11.7 Å². The third-order valence-corrected chi connectivity index (χ3v) is 1.87. The number of carbonyl (C=O) groups excluding carboxylic acids is 1. The Balaban J connectivity index is 2.30. The second-order valence-corrected chi connectivity index (χ2v) is 4.12. The number of hydrogen-bond acceptors (Lipinski definition) is 2. The zero-order valence-electron chi connectivity index (χ0n) is 8.63. The second-order valence-electron chi connectivity index (χ2n) is 4.12. The second kappa shape index (κ2) is 4.28. The summed E-state index contributed by atoms with van der Waals surface area (Å²) in [4.78, 5) is 14.3. The van der Waals surface area contributed by atoms with Crippen LogP contribution in [0.1, 0.15) is 26.7 Å². The minimum Gasteiger partial charge on any atom is -0.348 e. The van der Waals surface area contributed by atoms with Crippen LogP contribution < -0.4 is 11.1 Å². The molecule has 78 valence electrons. The van der Waals surface area contributed by atoms with Gasteiger partial charge in [0.25, 0.3) is 0 Å². The summed E-state index contributed by atoms with van der Waals surface area (Å²) < 4.78 is 0. The van der Waals surface area contributed by atoms with Crippen LogP contribution in [-0.2, 0) is 4.79 Å². The van der Waals surface area contributed by atoms with E-state index in [0.717, 1.165) is 5.82 Å². The van der Waals surface area contributed by atoms with Gasteiger partial charge in [-0.15, -0.1) is 0 Å². The number of H-pyrrole nitrogens is 1. The Bertz CT molecular complexity index is 285. The van der Waals surface area contributed by atoms with Gasteiger partial charge in [-0.1, -0.05) is 0 Å². The van der Waals surface area contributed by atoms with Crippen molar-refractivity contribution in [2.45, 2.75) is 32.2 Å². The van der Waals surface area contributed by atoms with Gasteiger partial charge >= 0.3 is 0 Å². The van der Waals surface area contributed by atoms with Gasteiger partial charge in [0, 0.05) is 18.2 Å². The standard InChI is InChI=1S/C10H17N3O/c1-10(2,11)6-5-9(14)13-8-4-3-7-12-8/h3-4,7,12H,5-6,11H2,1-2H3,(H,13,14). The Hall–Kier alpha value is -1.29. The van der Waals surface area contributed by atoms with Crippen LogP contribution in [0.2, 0.25) is 0 Å². The van der Waals surface area contributed by atoms with Gasteiger partial charge in [-0.05, 0) is 32.4 Å². The van der Waals surface area contributed by atoms with Crippen LogP contribution in [0.15, 0.2) is 18.3 Å². The molecule has 14 heavy (non-hydrogen) atoms. The molecule has 0 aliphatic heterocycles. The molecule has 0 saturated carbocycles. The van der Waals surface area contributed by atoms with Gasteiger partial charge in [-0.2, -0.15) is 0 Å². The first-order chi connectivity index (χ1) is 6.47. The number of rotatable bonds is 4. The van der Waals surface area contributed by atoms with E-state index in [1.54, 1.807) is 6.20 Å². The highest BCUT2D eigenvalue weighted by Gasteiger charge is 2.13. The molecule has 0 aromatic carbocycles. The van der Waals surface area contributed by atoms with Crippen molar-refractivity contribution in [3.05, 3.63) is 18.3 Å². The van der Waals surface area contributed by atoms with Crippen LogP contribution in [0, 0.1) is 0 Å². The van der Waals surface area contributed by atoms with E-state index in [9.17, 15) is 4.79 Å². The van der Waals surface area contributed by atoms with E-state index >= 15 is 0 Å². The van der Waals surface area contributed by atoms with Gasteiger partial charge < -0.3 is 16.0 Å². The third-order valence-electron chi connectivity index (χ3n) is 1.87. The molecule has 0 fully saturated rings. The number of amides is 1. The quantitative estimate of drug-likeness (QED) is 0.680. The van der Waals surface area contributed by atoms with E-state index in [4.69, 9.17) is 5.73 Å². The lowest BCUT2D eigenvalue weighted by Crippen LogP contribution is -2.33. The zero-order chi connectivity index (χ0) is 10.6. The third kappa shape index (κ3) is 4.09. The Morgan fingerprint density at radius 2 is 2.36 bits per heavy atom. The van der Waals surface area contributed by atoms with Crippen molar-refractivity contribution in [1.82, 2.24) is 4.98 Å². The number of nitrogens with one attached hydrogen (secondary N) is 2. The Morgan fingerprint density at radius 1 is 1.64 bits per heavy atom. The van der Waals surface area contributed by atoms with E-state index in [0.29, 0.717) is 12.8 Å². The van der Waals surface area contributed by atoms with Crippen molar-refractivity contribution in [3.63, 3.8) is 0 Å². The number of aromatic amines is 1. The molecule has 0 atom stereocenters. The van der Waals surface area contributed by atoms with E-state index in [-0.39, 0.29) is 11.4 Å². The van der Waals surface area contributed by atoms with Gasteiger partial charge in [0.2, 0.25) is 5.91 Å². The predicted octanol–water partition coefficient (Wildman–Crippen LogP) is 1.47. The summed E-state index contributed by atoms with van der Waals surface area (Å²) in [6, 6.07) is 3.65. The van der Waals surface area contributed by atoms with Gasteiger partial charge in [-0.25, -0.2) is 0 Å². The van der Waals surface area contributed by atoms with Crippen molar-refractivity contribution in [3.8, 4) is 0 Å². The normalized spacial score (nSPS) is 11.4. The van der Waals surface area contributed by atoms with E-state index < -0.39 is 0 Å². The Morgan fingerprint density at radius 3 is 2.86 bits per heavy atom. The molecule has 0 bridgehead atoms. The molecule has 0 saturated heterocycles. The van der Waals surface area contributed by atoms with Crippen LogP contribution in [0.5, 0.6) is 0 Å². The highest BCUT2D eigenvalue weighted by atomic mass is 16.1. The molecular formula is C10H17N3O. The number of hydrogen-bond donors (Lipinski definition) is 3. The molecule has 1 aromatic heterocycles. The van der Waals surface area contributed by atoms with Crippen molar-refractivity contribution in [2.24, 2.45) is 5.73 Å². The highest BCUT2D eigenvalue weighted by molar-refractivity contribution is 5.89. The van der Waals surface area contributed by atoms with Gasteiger partial charge in [0.15, 0.2) is 0 Å². The molecule has 1 amide bonds. The minimum atomic E-state index is -0.285. The van der Waals surface area contributed by atoms with Crippen LogP contribution in [0.4, 0.5) is 5.82 Å². The van der Waals surface area contributed by atoms with Crippen molar-refractivity contribution < 1.29 is 4.79 Å². The Labute approximate surface area is 83.9 Å². The van der Waals surface area contributed by atoms with Crippen molar-refractivity contribution in [1.29, 1.82) is 0 Å². The summed E-state index contributed by atoms with van der Waals surface area (Å²) in [6.07, 6.45) is 2.89. The van der Waals surface area contributed by atoms with E-state index in [1.165, 1.54) is 0 Å². The molecule has 4 nitrogen and oxygen atoms in total. The predicted molar refractivity (Wildman–Crippen MR) is 56.9 cm³/mol. The lowest BCUT2D eigenvalue weighted by Gasteiger charge is -2.17. The molecule has 1 heterocycles. The first kappa shape index (κ1) is 10.8. The molecular weight excluding hydrogens is 178 g/mol. The number of anilines is 1. The SMILES string of the molecule is CC(C)(N)CCC(=O)Nc1ccc[nH]1. The number of carbonyl (C=O) groups is 1. The lowest BCUT2D eigenvalue weighted by molar-refractivity contribution is -0.116. The first-order valence-corrected chi connectivity index (χ1v) is 4.69. The Kier molecular flexibility index (Phi) is 3.30. The van der Waals surface area contributed by atoms with Crippen LogP contribution in [-0.4, -0.2) is 16.4 Å². The fourth-order valence-electron chi connectivity index (χ4n) is 1.06. The summed E-state index contributed by atoms with van der Waals surface area (Å²) in [5, 5.41) is 2.74. The maximum absolute atomic E-state index is 11.4. The van der Waals surface area contributed by atoms with E-state index in [1.807, 2.05) is 26.0 Å². The maximum atomic E-state index is 11.4. The van der Waals surface area contributed by atoms with E-state index in [2.05, 4.69) is 10.3 Å². The summed E-state index contributed by atoms with van der Waals surface area (Å²) >= 11 is 0. The lowest BCUT2D eigenvalue weighted by atomic mass is 10.00. The van der Waals surface area contributed by atoms with Crippen LogP contribution in [0.25, 0.3) is 0 Å². The molecule has 1 rings (SSSR count). The molecule has 0 aliphatic rings. The number of aromatic nitrogens is 1.